The lowest BCUT2D eigenvalue weighted by Gasteiger charge is -2.36. The van der Waals surface area contributed by atoms with Gasteiger partial charge in [0.15, 0.2) is 0 Å². The summed E-state index contributed by atoms with van der Waals surface area (Å²) in [5.74, 6) is 0.903. The predicted molar refractivity (Wildman–Crippen MR) is 141 cm³/mol. The SMILES string of the molecule is COc1ccc(N2CCN(CCNCc3ccn(-c4cc(Cl)ccc4C(C)(C)C)n3)CC2)cc1. The number of benzene rings is 2. The largest absolute Gasteiger partial charge is 0.497 e. The maximum Gasteiger partial charge on any atom is 0.119 e. The van der Waals surface area contributed by atoms with Gasteiger partial charge in [0.2, 0.25) is 0 Å². The maximum absolute atomic E-state index is 6.29. The Morgan fingerprint density at radius 3 is 2.41 bits per heavy atom. The Balaban J connectivity index is 1.23. The van der Waals surface area contributed by atoms with E-state index in [2.05, 4.69) is 60.2 Å². The van der Waals surface area contributed by atoms with Crippen LogP contribution in [0.5, 0.6) is 5.75 Å². The van der Waals surface area contributed by atoms with Crippen LogP contribution < -0.4 is 15.0 Å². The highest BCUT2D eigenvalue weighted by Crippen LogP contribution is 2.30. The quantitative estimate of drug-likeness (QED) is 0.471. The van der Waals surface area contributed by atoms with E-state index >= 15 is 0 Å². The minimum Gasteiger partial charge on any atom is -0.497 e. The van der Waals surface area contributed by atoms with Gasteiger partial charge in [-0.1, -0.05) is 38.4 Å². The van der Waals surface area contributed by atoms with Gasteiger partial charge in [0.1, 0.15) is 5.75 Å². The summed E-state index contributed by atoms with van der Waals surface area (Å²) in [7, 11) is 1.70. The lowest BCUT2D eigenvalue weighted by Crippen LogP contribution is -2.48. The van der Waals surface area contributed by atoms with Crippen LogP contribution in [0.2, 0.25) is 5.02 Å². The number of methoxy groups -OCH3 is 1. The third-order valence-electron chi connectivity index (χ3n) is 6.38. The van der Waals surface area contributed by atoms with Gasteiger partial charge in [0.25, 0.3) is 0 Å². The molecule has 2 heterocycles. The first kappa shape index (κ1) is 24.6. The van der Waals surface area contributed by atoms with Crippen LogP contribution in [0.3, 0.4) is 0 Å². The first-order valence-corrected chi connectivity index (χ1v) is 12.4. The van der Waals surface area contributed by atoms with Gasteiger partial charge in [-0.15, -0.1) is 0 Å². The van der Waals surface area contributed by atoms with Crippen molar-refractivity contribution in [3.8, 4) is 11.4 Å². The van der Waals surface area contributed by atoms with Crippen LogP contribution in [0, 0.1) is 0 Å². The molecule has 1 aliphatic heterocycles. The van der Waals surface area contributed by atoms with Crippen molar-refractivity contribution in [3.05, 3.63) is 71.0 Å². The number of halogens is 1. The average molecular weight is 482 g/mol. The Bertz CT molecular complexity index is 1070. The fourth-order valence-corrected chi connectivity index (χ4v) is 4.56. The van der Waals surface area contributed by atoms with Gasteiger partial charge in [0.05, 0.1) is 18.5 Å². The number of hydrogen-bond acceptors (Lipinski definition) is 5. The fraction of sp³-hybridized carbons (Fsp3) is 0.444. The molecule has 4 rings (SSSR count). The third kappa shape index (κ3) is 6.12. The van der Waals surface area contributed by atoms with E-state index in [4.69, 9.17) is 21.4 Å². The lowest BCUT2D eigenvalue weighted by molar-refractivity contribution is 0.257. The summed E-state index contributed by atoms with van der Waals surface area (Å²) in [5, 5.41) is 9.08. The summed E-state index contributed by atoms with van der Waals surface area (Å²) < 4.78 is 7.21. The summed E-state index contributed by atoms with van der Waals surface area (Å²) >= 11 is 6.29. The molecule has 6 nitrogen and oxygen atoms in total. The fourth-order valence-electron chi connectivity index (χ4n) is 4.40. The van der Waals surface area contributed by atoms with Gasteiger partial charge in [-0.05, 0) is 53.4 Å². The smallest absolute Gasteiger partial charge is 0.119 e. The molecule has 3 aromatic rings. The van der Waals surface area contributed by atoms with Gasteiger partial charge < -0.3 is 15.0 Å². The van der Waals surface area contributed by atoms with Gasteiger partial charge in [0, 0.05) is 62.7 Å². The number of ether oxygens (including phenoxy) is 1. The van der Waals surface area contributed by atoms with E-state index in [-0.39, 0.29) is 5.41 Å². The molecule has 0 radical (unpaired) electrons. The third-order valence-corrected chi connectivity index (χ3v) is 6.61. The molecule has 7 heteroatoms. The highest BCUT2D eigenvalue weighted by atomic mass is 35.5. The van der Waals surface area contributed by atoms with E-state index in [0.29, 0.717) is 0 Å². The second-order valence-corrected chi connectivity index (χ2v) is 10.3. The Morgan fingerprint density at radius 1 is 1.00 bits per heavy atom. The van der Waals surface area contributed by atoms with Crippen LogP contribution in [-0.4, -0.2) is 61.1 Å². The summed E-state index contributed by atoms with van der Waals surface area (Å²) in [6.45, 7) is 13.6. The lowest BCUT2D eigenvalue weighted by atomic mass is 9.86. The number of nitrogens with zero attached hydrogens (tertiary/aromatic N) is 4. The van der Waals surface area contributed by atoms with E-state index in [1.807, 2.05) is 35.1 Å². The maximum atomic E-state index is 6.29. The number of aromatic nitrogens is 2. The van der Waals surface area contributed by atoms with Crippen LogP contribution in [0.15, 0.2) is 54.7 Å². The van der Waals surface area contributed by atoms with Crippen molar-refractivity contribution in [2.45, 2.75) is 32.7 Å². The molecule has 1 saturated heterocycles. The number of rotatable bonds is 8. The molecule has 1 fully saturated rings. The minimum absolute atomic E-state index is 0.0156. The van der Waals surface area contributed by atoms with Crippen molar-refractivity contribution in [3.63, 3.8) is 0 Å². The number of piperazine rings is 1. The molecule has 0 bridgehead atoms. The van der Waals surface area contributed by atoms with E-state index < -0.39 is 0 Å². The molecule has 0 unspecified atom stereocenters. The predicted octanol–water partition coefficient (Wildman–Crippen LogP) is 4.74. The molecular formula is C27H36ClN5O. The van der Waals surface area contributed by atoms with E-state index in [1.54, 1.807) is 7.11 Å². The topological polar surface area (TPSA) is 45.6 Å². The second-order valence-electron chi connectivity index (χ2n) is 9.87. The molecule has 0 saturated carbocycles. The van der Waals surface area contributed by atoms with Crippen LogP contribution in [0.25, 0.3) is 5.69 Å². The highest BCUT2D eigenvalue weighted by molar-refractivity contribution is 6.30. The zero-order valence-electron chi connectivity index (χ0n) is 20.7. The second kappa shape index (κ2) is 10.8. The van der Waals surface area contributed by atoms with Gasteiger partial charge in [-0.25, -0.2) is 4.68 Å². The Hall–Kier alpha value is -2.54. The molecule has 1 aliphatic rings. The molecule has 0 amide bonds. The van der Waals surface area contributed by atoms with Crippen LogP contribution in [-0.2, 0) is 12.0 Å². The molecule has 0 aliphatic carbocycles. The monoisotopic (exact) mass is 481 g/mol. The molecular weight excluding hydrogens is 446 g/mol. The average Bonchev–Trinajstić information content (AvgIpc) is 3.30. The van der Waals surface area contributed by atoms with Gasteiger partial charge in [-0.2, -0.15) is 5.10 Å². The normalized spacial score (nSPS) is 15.0. The summed E-state index contributed by atoms with van der Waals surface area (Å²) in [4.78, 5) is 4.96. The van der Waals surface area contributed by atoms with E-state index in [9.17, 15) is 0 Å². The highest BCUT2D eigenvalue weighted by Gasteiger charge is 2.20. The van der Waals surface area contributed by atoms with Crippen LogP contribution in [0.1, 0.15) is 32.0 Å². The Morgan fingerprint density at radius 2 is 1.74 bits per heavy atom. The standard InChI is InChI=1S/C27H36ClN5O/c1-27(2,3)25-10-5-21(28)19-26(25)33-13-11-22(30-33)20-29-12-14-31-15-17-32(18-16-31)23-6-8-24(34-4)9-7-23/h5-11,13,19,29H,12,14-18,20H2,1-4H3. The zero-order valence-corrected chi connectivity index (χ0v) is 21.5. The van der Waals surface area contributed by atoms with Crippen molar-refractivity contribution in [1.82, 2.24) is 20.0 Å². The van der Waals surface area contributed by atoms with Crippen LogP contribution >= 0.6 is 11.6 Å². The summed E-state index contributed by atoms with van der Waals surface area (Å²) in [6, 6.07) is 16.5. The minimum atomic E-state index is 0.0156. The molecule has 1 aromatic heterocycles. The van der Waals surface area contributed by atoms with Crippen molar-refractivity contribution in [1.29, 1.82) is 0 Å². The summed E-state index contributed by atoms with van der Waals surface area (Å²) in [6.07, 6.45) is 2.02. The number of hydrogen-bond donors (Lipinski definition) is 1. The Labute approximate surface area is 208 Å². The molecule has 2 aromatic carbocycles. The van der Waals surface area contributed by atoms with Gasteiger partial charge >= 0.3 is 0 Å². The van der Waals surface area contributed by atoms with E-state index in [1.165, 1.54) is 11.3 Å². The molecule has 182 valence electrons. The van der Waals surface area contributed by atoms with E-state index in [0.717, 1.165) is 68.0 Å². The summed E-state index contributed by atoms with van der Waals surface area (Å²) in [5.41, 5.74) is 4.59. The zero-order chi connectivity index (χ0) is 24.1. The van der Waals surface area contributed by atoms with Crippen molar-refractivity contribution >= 4 is 17.3 Å². The molecule has 0 atom stereocenters. The van der Waals surface area contributed by atoms with Gasteiger partial charge in [-0.3, -0.25) is 4.90 Å². The Kier molecular flexibility index (Phi) is 7.81. The van der Waals surface area contributed by atoms with Crippen molar-refractivity contribution in [2.75, 3.05) is 51.3 Å². The molecule has 0 spiro atoms. The van der Waals surface area contributed by atoms with Crippen LogP contribution in [0.4, 0.5) is 5.69 Å². The first-order chi connectivity index (χ1) is 16.3. The van der Waals surface area contributed by atoms with Crippen molar-refractivity contribution < 1.29 is 4.74 Å². The first-order valence-electron chi connectivity index (χ1n) is 12.0. The molecule has 1 N–H and O–H groups in total. The van der Waals surface area contributed by atoms with Crippen molar-refractivity contribution in [2.24, 2.45) is 0 Å². The number of nitrogens with one attached hydrogen (secondary N) is 1. The number of anilines is 1. The molecule has 34 heavy (non-hydrogen) atoms.